The lowest BCUT2D eigenvalue weighted by Crippen LogP contribution is -2.28. The smallest absolute Gasteiger partial charge is 0.293 e. The van der Waals surface area contributed by atoms with Crippen LogP contribution in [0.1, 0.15) is 31.9 Å². The SMILES string of the molecule is CC(C)(C)C(=O)Nc1cc(C#N)c(Cl)cc1COC=O. The normalized spacial score (nSPS) is 10.6. The minimum absolute atomic E-state index is 0.0331. The molecule has 0 fully saturated rings. The van der Waals surface area contributed by atoms with E-state index in [9.17, 15) is 9.59 Å². The highest BCUT2D eigenvalue weighted by atomic mass is 35.5. The summed E-state index contributed by atoms with van der Waals surface area (Å²) in [6, 6.07) is 4.91. The van der Waals surface area contributed by atoms with Gasteiger partial charge in [-0.05, 0) is 12.1 Å². The molecule has 0 unspecified atom stereocenters. The van der Waals surface area contributed by atoms with Crippen LogP contribution in [0.2, 0.25) is 5.02 Å². The third kappa shape index (κ3) is 3.97. The average molecular weight is 295 g/mol. The van der Waals surface area contributed by atoms with Crippen molar-refractivity contribution in [3.8, 4) is 6.07 Å². The van der Waals surface area contributed by atoms with Crippen molar-refractivity contribution in [2.24, 2.45) is 5.41 Å². The van der Waals surface area contributed by atoms with Gasteiger partial charge < -0.3 is 10.1 Å². The molecule has 5 nitrogen and oxygen atoms in total. The van der Waals surface area contributed by atoms with Gasteiger partial charge in [0.1, 0.15) is 12.7 Å². The lowest BCUT2D eigenvalue weighted by molar-refractivity contribution is -0.129. The molecule has 0 saturated heterocycles. The van der Waals surface area contributed by atoms with E-state index in [-0.39, 0.29) is 23.1 Å². The zero-order chi connectivity index (χ0) is 15.3. The van der Waals surface area contributed by atoms with Crippen molar-refractivity contribution >= 4 is 29.7 Å². The molecule has 0 aliphatic rings. The standard InChI is InChI=1S/C14H15ClN2O3/c1-14(2,3)13(19)17-12-5-9(6-16)11(15)4-10(12)7-20-8-18/h4-5,8H,7H2,1-3H3,(H,17,19). The molecule has 0 heterocycles. The first-order valence-corrected chi connectivity index (χ1v) is 6.26. The molecule has 0 bridgehead atoms. The second-order valence-electron chi connectivity index (χ2n) is 5.21. The summed E-state index contributed by atoms with van der Waals surface area (Å²) < 4.78 is 4.68. The van der Waals surface area contributed by atoms with E-state index in [2.05, 4.69) is 10.1 Å². The van der Waals surface area contributed by atoms with Crippen molar-refractivity contribution < 1.29 is 14.3 Å². The van der Waals surface area contributed by atoms with Gasteiger partial charge >= 0.3 is 0 Å². The van der Waals surface area contributed by atoms with E-state index in [1.54, 1.807) is 20.8 Å². The minimum atomic E-state index is -0.588. The molecular formula is C14H15ClN2O3. The molecule has 0 aliphatic heterocycles. The molecule has 1 rings (SSSR count). The summed E-state index contributed by atoms with van der Waals surface area (Å²) in [7, 11) is 0. The second-order valence-corrected chi connectivity index (χ2v) is 5.62. The highest BCUT2D eigenvalue weighted by molar-refractivity contribution is 6.32. The van der Waals surface area contributed by atoms with Crippen LogP contribution in [0.15, 0.2) is 12.1 Å². The Kier molecular flexibility index (Phi) is 5.12. The fraction of sp³-hybridized carbons (Fsp3) is 0.357. The zero-order valence-electron chi connectivity index (χ0n) is 11.5. The Morgan fingerprint density at radius 3 is 2.65 bits per heavy atom. The lowest BCUT2D eigenvalue weighted by Gasteiger charge is -2.19. The fourth-order valence-corrected chi connectivity index (χ4v) is 1.60. The van der Waals surface area contributed by atoms with Crippen molar-refractivity contribution in [1.29, 1.82) is 5.26 Å². The first-order chi connectivity index (χ1) is 9.29. The third-order valence-electron chi connectivity index (χ3n) is 2.55. The summed E-state index contributed by atoms with van der Waals surface area (Å²) in [4.78, 5) is 22.3. The van der Waals surface area contributed by atoms with E-state index in [1.165, 1.54) is 12.1 Å². The van der Waals surface area contributed by atoms with Crippen LogP contribution in [0.3, 0.4) is 0 Å². The Labute approximate surface area is 122 Å². The molecule has 1 aromatic rings. The predicted octanol–water partition coefficient (Wildman–Crippen LogP) is 2.87. The van der Waals surface area contributed by atoms with E-state index < -0.39 is 5.41 Å². The van der Waals surface area contributed by atoms with E-state index in [0.29, 0.717) is 17.7 Å². The number of carbonyl (C=O) groups excluding carboxylic acids is 2. The molecule has 0 aromatic heterocycles. The van der Waals surface area contributed by atoms with E-state index in [0.717, 1.165) is 0 Å². The molecule has 1 amide bonds. The van der Waals surface area contributed by atoms with Crippen LogP contribution in [-0.2, 0) is 20.9 Å². The van der Waals surface area contributed by atoms with E-state index in [4.69, 9.17) is 16.9 Å². The molecule has 0 atom stereocenters. The van der Waals surface area contributed by atoms with Crippen molar-refractivity contribution in [3.05, 3.63) is 28.3 Å². The maximum atomic E-state index is 12.0. The number of amides is 1. The number of hydrogen-bond acceptors (Lipinski definition) is 4. The predicted molar refractivity (Wildman–Crippen MR) is 75.1 cm³/mol. The monoisotopic (exact) mass is 294 g/mol. The summed E-state index contributed by atoms with van der Waals surface area (Å²) >= 11 is 5.93. The van der Waals surface area contributed by atoms with E-state index >= 15 is 0 Å². The number of halogens is 1. The lowest BCUT2D eigenvalue weighted by atomic mass is 9.95. The molecule has 0 saturated carbocycles. The number of nitrogens with one attached hydrogen (secondary N) is 1. The van der Waals surface area contributed by atoms with Crippen molar-refractivity contribution in [2.75, 3.05) is 5.32 Å². The average Bonchev–Trinajstić information content (AvgIpc) is 2.37. The molecular weight excluding hydrogens is 280 g/mol. The van der Waals surface area contributed by atoms with Crippen LogP contribution in [0.25, 0.3) is 0 Å². The van der Waals surface area contributed by atoms with Crippen molar-refractivity contribution in [1.82, 2.24) is 0 Å². The summed E-state index contributed by atoms with van der Waals surface area (Å²) in [5.74, 6) is -0.212. The molecule has 0 spiro atoms. The van der Waals surface area contributed by atoms with Crippen molar-refractivity contribution in [3.63, 3.8) is 0 Å². The highest BCUT2D eigenvalue weighted by Crippen LogP contribution is 2.27. The summed E-state index contributed by atoms with van der Waals surface area (Å²) in [6.45, 7) is 5.58. The number of benzene rings is 1. The van der Waals surface area contributed by atoms with Crippen LogP contribution < -0.4 is 5.32 Å². The zero-order valence-corrected chi connectivity index (χ0v) is 12.2. The van der Waals surface area contributed by atoms with Crippen LogP contribution in [-0.4, -0.2) is 12.4 Å². The van der Waals surface area contributed by atoms with Gasteiger partial charge in [0.2, 0.25) is 5.91 Å². The Bertz CT molecular complexity index is 571. The quantitative estimate of drug-likeness (QED) is 0.866. The van der Waals surface area contributed by atoms with Crippen LogP contribution >= 0.6 is 11.6 Å². The van der Waals surface area contributed by atoms with Gasteiger partial charge in [0, 0.05) is 16.7 Å². The largest absolute Gasteiger partial charge is 0.463 e. The van der Waals surface area contributed by atoms with Crippen molar-refractivity contribution in [2.45, 2.75) is 27.4 Å². The second kappa shape index (κ2) is 6.40. The summed E-state index contributed by atoms with van der Waals surface area (Å²) in [5, 5.41) is 11.9. The highest BCUT2D eigenvalue weighted by Gasteiger charge is 2.22. The van der Waals surface area contributed by atoms with Crippen LogP contribution in [0, 0.1) is 16.7 Å². The molecule has 1 N–H and O–H groups in total. The summed E-state index contributed by atoms with van der Waals surface area (Å²) in [6.07, 6.45) is 0. The molecule has 0 aliphatic carbocycles. The van der Waals surface area contributed by atoms with Gasteiger partial charge in [-0.2, -0.15) is 5.26 Å². The van der Waals surface area contributed by atoms with Crippen LogP contribution in [0.4, 0.5) is 5.69 Å². The summed E-state index contributed by atoms with van der Waals surface area (Å²) in [5.41, 5.74) is 0.590. The number of nitrogens with zero attached hydrogens (tertiary/aromatic N) is 1. The maximum Gasteiger partial charge on any atom is 0.293 e. The van der Waals surface area contributed by atoms with Gasteiger partial charge in [-0.15, -0.1) is 0 Å². The Morgan fingerprint density at radius 2 is 2.15 bits per heavy atom. The topological polar surface area (TPSA) is 79.2 Å². The molecule has 0 radical (unpaired) electrons. The third-order valence-corrected chi connectivity index (χ3v) is 2.86. The molecule has 20 heavy (non-hydrogen) atoms. The molecule has 106 valence electrons. The Balaban J connectivity index is 3.17. The molecule has 6 heteroatoms. The number of rotatable bonds is 4. The van der Waals surface area contributed by atoms with E-state index in [1.807, 2.05) is 6.07 Å². The van der Waals surface area contributed by atoms with Gasteiger partial charge in [-0.3, -0.25) is 9.59 Å². The number of anilines is 1. The fourth-order valence-electron chi connectivity index (χ4n) is 1.37. The number of hydrogen-bond donors (Lipinski definition) is 1. The molecule has 1 aromatic carbocycles. The van der Waals surface area contributed by atoms with Gasteiger partial charge in [-0.1, -0.05) is 32.4 Å². The number of nitriles is 1. The van der Waals surface area contributed by atoms with Gasteiger partial charge in [0.25, 0.3) is 6.47 Å². The Hall–Kier alpha value is -2.06. The first kappa shape index (κ1) is 16.0. The number of ether oxygens (including phenoxy) is 1. The minimum Gasteiger partial charge on any atom is -0.463 e. The Morgan fingerprint density at radius 1 is 1.50 bits per heavy atom. The number of carbonyl (C=O) groups is 2. The van der Waals surface area contributed by atoms with Gasteiger partial charge in [-0.25, -0.2) is 0 Å². The first-order valence-electron chi connectivity index (χ1n) is 5.89. The maximum absolute atomic E-state index is 12.0. The van der Waals surface area contributed by atoms with Gasteiger partial charge in [0.05, 0.1) is 10.6 Å². The van der Waals surface area contributed by atoms with Gasteiger partial charge in [0.15, 0.2) is 0 Å². The van der Waals surface area contributed by atoms with Crippen LogP contribution in [0.5, 0.6) is 0 Å².